The highest BCUT2D eigenvalue weighted by Gasteiger charge is 2.06. The van der Waals surface area contributed by atoms with Gasteiger partial charge in [0.25, 0.3) is 0 Å². The third-order valence-corrected chi connectivity index (χ3v) is 2.07. The van der Waals surface area contributed by atoms with Crippen LogP contribution in [0.2, 0.25) is 5.02 Å². The molecule has 0 amide bonds. The maximum atomic E-state index is 10.3. The molecular formula is C7H5BrClNO. The van der Waals surface area contributed by atoms with Crippen LogP contribution in [0, 0.1) is 0 Å². The number of halogens is 2. The van der Waals surface area contributed by atoms with Crippen molar-refractivity contribution in [2.45, 2.75) is 4.83 Å². The van der Waals surface area contributed by atoms with Gasteiger partial charge in [0.15, 0.2) is 0 Å². The predicted octanol–water partition coefficient (Wildman–Crippen LogP) is 2.37. The summed E-state index contributed by atoms with van der Waals surface area (Å²) in [5.41, 5.74) is 0.632. The lowest BCUT2D eigenvalue weighted by atomic mass is 10.3. The minimum atomic E-state index is -0.360. The number of alkyl halides is 1. The first-order chi connectivity index (χ1) is 5.24. The van der Waals surface area contributed by atoms with E-state index in [1.54, 1.807) is 18.3 Å². The summed E-state index contributed by atoms with van der Waals surface area (Å²) in [7, 11) is 0. The highest BCUT2D eigenvalue weighted by Crippen LogP contribution is 2.20. The molecule has 4 heteroatoms. The van der Waals surface area contributed by atoms with Gasteiger partial charge in [-0.15, -0.1) is 0 Å². The maximum Gasteiger partial charge on any atom is 0.139 e. The van der Waals surface area contributed by atoms with Crippen LogP contribution in [0.1, 0.15) is 10.5 Å². The topological polar surface area (TPSA) is 30.0 Å². The van der Waals surface area contributed by atoms with E-state index in [2.05, 4.69) is 20.9 Å². The van der Waals surface area contributed by atoms with Gasteiger partial charge in [-0.3, -0.25) is 4.98 Å². The van der Waals surface area contributed by atoms with Crippen molar-refractivity contribution in [1.29, 1.82) is 0 Å². The summed E-state index contributed by atoms with van der Waals surface area (Å²) in [5, 5.41) is 0.585. The second kappa shape index (κ2) is 3.83. The van der Waals surface area contributed by atoms with Gasteiger partial charge in [-0.1, -0.05) is 27.5 Å². The van der Waals surface area contributed by atoms with Crippen LogP contribution >= 0.6 is 27.5 Å². The van der Waals surface area contributed by atoms with Crippen LogP contribution in [0.5, 0.6) is 0 Å². The van der Waals surface area contributed by atoms with Crippen LogP contribution in [0.3, 0.4) is 0 Å². The van der Waals surface area contributed by atoms with Crippen molar-refractivity contribution in [3.05, 3.63) is 29.0 Å². The Balaban J connectivity index is 2.95. The van der Waals surface area contributed by atoms with E-state index in [4.69, 9.17) is 11.6 Å². The minimum absolute atomic E-state index is 0.360. The molecule has 0 fully saturated rings. The van der Waals surface area contributed by atoms with Crippen LogP contribution in [0.15, 0.2) is 18.3 Å². The lowest BCUT2D eigenvalue weighted by molar-refractivity contribution is -0.107. The van der Waals surface area contributed by atoms with Gasteiger partial charge in [-0.25, -0.2) is 0 Å². The zero-order chi connectivity index (χ0) is 8.27. The van der Waals surface area contributed by atoms with Crippen molar-refractivity contribution in [3.8, 4) is 0 Å². The normalized spacial score (nSPS) is 12.5. The molecule has 0 radical (unpaired) electrons. The summed E-state index contributed by atoms with van der Waals surface area (Å²) in [6, 6.07) is 3.31. The van der Waals surface area contributed by atoms with Crippen molar-refractivity contribution >= 4 is 33.8 Å². The van der Waals surface area contributed by atoms with E-state index in [1.165, 1.54) is 0 Å². The summed E-state index contributed by atoms with van der Waals surface area (Å²) in [6.07, 6.45) is 2.33. The summed E-state index contributed by atoms with van der Waals surface area (Å²) < 4.78 is 0. The Morgan fingerprint density at radius 3 is 3.00 bits per heavy atom. The van der Waals surface area contributed by atoms with Crippen LogP contribution in [-0.4, -0.2) is 11.3 Å². The number of carbonyl (C=O) groups is 1. The van der Waals surface area contributed by atoms with Gasteiger partial charge < -0.3 is 4.79 Å². The van der Waals surface area contributed by atoms with Gasteiger partial charge >= 0.3 is 0 Å². The maximum absolute atomic E-state index is 10.3. The molecule has 0 spiro atoms. The first kappa shape index (κ1) is 8.68. The average molecular weight is 234 g/mol. The van der Waals surface area contributed by atoms with E-state index in [9.17, 15) is 4.79 Å². The monoisotopic (exact) mass is 233 g/mol. The van der Waals surface area contributed by atoms with Gasteiger partial charge in [0.1, 0.15) is 11.1 Å². The number of aldehydes is 1. The lowest BCUT2D eigenvalue weighted by Gasteiger charge is -1.99. The third-order valence-electron chi connectivity index (χ3n) is 1.15. The molecule has 1 atom stereocenters. The predicted molar refractivity (Wildman–Crippen MR) is 47.0 cm³/mol. The largest absolute Gasteiger partial charge is 0.302 e. The number of pyridine rings is 1. The second-order valence-electron chi connectivity index (χ2n) is 1.94. The van der Waals surface area contributed by atoms with E-state index < -0.39 is 0 Å². The zero-order valence-electron chi connectivity index (χ0n) is 5.50. The van der Waals surface area contributed by atoms with Crippen molar-refractivity contribution in [2.75, 3.05) is 0 Å². The van der Waals surface area contributed by atoms with E-state index >= 15 is 0 Å². The van der Waals surface area contributed by atoms with Gasteiger partial charge in [-0.2, -0.15) is 0 Å². The number of rotatable bonds is 2. The smallest absolute Gasteiger partial charge is 0.139 e. The first-order valence-corrected chi connectivity index (χ1v) is 4.24. The third kappa shape index (κ3) is 2.27. The second-order valence-corrected chi connectivity index (χ2v) is 3.36. The van der Waals surface area contributed by atoms with E-state index in [-0.39, 0.29) is 4.83 Å². The summed E-state index contributed by atoms with van der Waals surface area (Å²) in [4.78, 5) is 13.9. The Kier molecular flexibility index (Phi) is 3.02. The van der Waals surface area contributed by atoms with E-state index in [0.29, 0.717) is 10.7 Å². The molecule has 0 aliphatic rings. The molecular weight excluding hydrogens is 229 g/mol. The number of aromatic nitrogens is 1. The standard InChI is InChI=1S/C7H5BrClNO/c8-6(4-11)7-3-5(9)1-2-10-7/h1-4,6H. The Bertz CT molecular complexity index is 266. The SMILES string of the molecule is O=CC(Br)c1cc(Cl)ccn1. The van der Waals surface area contributed by atoms with Crippen molar-refractivity contribution < 1.29 is 4.79 Å². The van der Waals surface area contributed by atoms with Crippen LogP contribution in [0.4, 0.5) is 0 Å². The number of nitrogens with zero attached hydrogens (tertiary/aromatic N) is 1. The van der Waals surface area contributed by atoms with Gasteiger partial charge in [-0.05, 0) is 12.1 Å². The molecule has 1 unspecified atom stereocenters. The summed E-state index contributed by atoms with van der Waals surface area (Å²) in [5.74, 6) is 0. The molecule has 0 bridgehead atoms. The summed E-state index contributed by atoms with van der Waals surface area (Å²) in [6.45, 7) is 0. The molecule has 0 aromatic carbocycles. The fraction of sp³-hybridized carbons (Fsp3) is 0.143. The molecule has 0 saturated heterocycles. The minimum Gasteiger partial charge on any atom is -0.302 e. The lowest BCUT2D eigenvalue weighted by Crippen LogP contribution is -1.93. The molecule has 0 aliphatic carbocycles. The number of hydrogen-bond donors (Lipinski definition) is 0. The highest BCUT2D eigenvalue weighted by atomic mass is 79.9. The summed E-state index contributed by atoms with van der Waals surface area (Å²) >= 11 is 8.80. The van der Waals surface area contributed by atoms with Crippen LogP contribution < -0.4 is 0 Å². The Hall–Kier alpha value is -0.410. The fourth-order valence-corrected chi connectivity index (χ4v) is 1.06. The van der Waals surface area contributed by atoms with Gasteiger partial charge in [0, 0.05) is 11.2 Å². The van der Waals surface area contributed by atoms with E-state index in [1.807, 2.05) is 0 Å². The molecule has 1 aromatic rings. The molecule has 1 rings (SSSR count). The van der Waals surface area contributed by atoms with Gasteiger partial charge in [0.05, 0.1) is 5.69 Å². The first-order valence-electron chi connectivity index (χ1n) is 2.95. The van der Waals surface area contributed by atoms with Gasteiger partial charge in [0.2, 0.25) is 0 Å². The van der Waals surface area contributed by atoms with Crippen LogP contribution in [-0.2, 0) is 4.79 Å². The molecule has 58 valence electrons. The average Bonchev–Trinajstić information content (AvgIpc) is 2.03. The Morgan fingerprint density at radius 1 is 1.73 bits per heavy atom. The van der Waals surface area contributed by atoms with Crippen molar-refractivity contribution in [1.82, 2.24) is 4.98 Å². The molecule has 0 saturated carbocycles. The molecule has 0 aliphatic heterocycles. The molecule has 0 N–H and O–H groups in total. The van der Waals surface area contributed by atoms with E-state index in [0.717, 1.165) is 6.29 Å². The molecule has 11 heavy (non-hydrogen) atoms. The zero-order valence-corrected chi connectivity index (χ0v) is 7.84. The Morgan fingerprint density at radius 2 is 2.45 bits per heavy atom. The van der Waals surface area contributed by atoms with Crippen LogP contribution in [0.25, 0.3) is 0 Å². The fourth-order valence-electron chi connectivity index (χ4n) is 0.642. The molecule has 1 heterocycles. The van der Waals surface area contributed by atoms with Crippen molar-refractivity contribution in [3.63, 3.8) is 0 Å². The molecule has 2 nitrogen and oxygen atoms in total. The quantitative estimate of drug-likeness (QED) is 0.581. The number of hydrogen-bond acceptors (Lipinski definition) is 2. The number of carbonyl (C=O) groups excluding carboxylic acids is 1. The highest BCUT2D eigenvalue weighted by molar-refractivity contribution is 9.09. The van der Waals surface area contributed by atoms with Crippen molar-refractivity contribution in [2.24, 2.45) is 0 Å². The molecule has 1 aromatic heterocycles. The Labute approximate surface area is 77.7 Å².